The zero-order valence-electron chi connectivity index (χ0n) is 11.7. The molecule has 0 atom stereocenters. The first-order valence-corrected chi connectivity index (χ1v) is 7.37. The molecule has 21 heavy (non-hydrogen) atoms. The van der Waals surface area contributed by atoms with Crippen LogP contribution in [0.5, 0.6) is 0 Å². The number of aromatic nitrogens is 4. The second kappa shape index (κ2) is 4.82. The predicted octanol–water partition coefficient (Wildman–Crippen LogP) is 1.65. The topological polar surface area (TPSA) is 58.4 Å². The normalized spacial score (nSPS) is 16.0. The van der Waals surface area contributed by atoms with E-state index in [1.165, 1.54) is 0 Å². The molecule has 4 rings (SSSR count). The Morgan fingerprint density at radius 1 is 1.24 bits per heavy atom. The highest BCUT2D eigenvalue weighted by atomic mass is 35.5. The van der Waals surface area contributed by atoms with Gasteiger partial charge in [-0.15, -0.1) is 10.2 Å². The van der Waals surface area contributed by atoms with E-state index >= 15 is 0 Å². The largest absolute Gasteiger partial charge is 0.351 e. The number of piperazine rings is 1. The average molecular weight is 303 g/mol. The molecule has 0 unspecified atom stereocenters. The van der Waals surface area contributed by atoms with Gasteiger partial charge in [-0.1, -0.05) is 11.6 Å². The van der Waals surface area contributed by atoms with Crippen molar-refractivity contribution in [3.05, 3.63) is 29.0 Å². The van der Waals surface area contributed by atoms with Gasteiger partial charge in [0.05, 0.1) is 11.0 Å². The van der Waals surface area contributed by atoms with Crippen molar-refractivity contribution in [2.45, 2.75) is 6.92 Å². The Hall–Kier alpha value is -1.92. The number of benzene rings is 1. The number of halogens is 1. The summed E-state index contributed by atoms with van der Waals surface area (Å²) in [6.07, 6.45) is 1.72. The first kappa shape index (κ1) is 12.8. The molecule has 6 nitrogen and oxygen atoms in total. The molecule has 0 amide bonds. The van der Waals surface area contributed by atoms with Gasteiger partial charge in [0.25, 0.3) is 0 Å². The molecule has 3 aromatic rings. The highest BCUT2D eigenvalue weighted by Gasteiger charge is 2.18. The third-order valence-corrected chi connectivity index (χ3v) is 4.31. The quantitative estimate of drug-likeness (QED) is 0.741. The van der Waals surface area contributed by atoms with E-state index < -0.39 is 0 Å². The molecule has 0 spiro atoms. The van der Waals surface area contributed by atoms with Crippen molar-refractivity contribution in [2.24, 2.45) is 0 Å². The Balaban J connectivity index is 2.00. The van der Waals surface area contributed by atoms with Gasteiger partial charge in [0.1, 0.15) is 6.33 Å². The lowest BCUT2D eigenvalue weighted by Gasteiger charge is -2.28. The molecule has 0 aliphatic carbocycles. The highest BCUT2D eigenvalue weighted by molar-refractivity contribution is 6.32. The first-order chi connectivity index (χ1) is 10.2. The minimum Gasteiger partial charge on any atom is -0.351 e. The summed E-state index contributed by atoms with van der Waals surface area (Å²) < 4.78 is 1.96. The summed E-state index contributed by atoms with van der Waals surface area (Å²) >= 11 is 6.24. The smallest absolute Gasteiger partial charge is 0.204 e. The Morgan fingerprint density at radius 2 is 2.05 bits per heavy atom. The van der Waals surface area contributed by atoms with Crippen LogP contribution in [0.3, 0.4) is 0 Å². The summed E-state index contributed by atoms with van der Waals surface area (Å²) in [6.45, 7) is 5.75. The fourth-order valence-electron chi connectivity index (χ4n) is 2.75. The van der Waals surface area contributed by atoms with Gasteiger partial charge >= 0.3 is 0 Å². The van der Waals surface area contributed by atoms with E-state index in [1.54, 1.807) is 6.33 Å². The van der Waals surface area contributed by atoms with Crippen molar-refractivity contribution in [3.63, 3.8) is 0 Å². The van der Waals surface area contributed by atoms with Crippen molar-refractivity contribution >= 4 is 34.1 Å². The molecule has 3 heterocycles. The first-order valence-electron chi connectivity index (χ1n) is 6.99. The maximum Gasteiger partial charge on any atom is 0.204 e. The van der Waals surface area contributed by atoms with Crippen LogP contribution in [0.2, 0.25) is 5.02 Å². The molecular weight excluding hydrogens is 288 g/mol. The molecule has 0 bridgehead atoms. The van der Waals surface area contributed by atoms with Crippen molar-refractivity contribution < 1.29 is 0 Å². The predicted molar refractivity (Wildman–Crippen MR) is 83.1 cm³/mol. The zero-order chi connectivity index (χ0) is 14.4. The molecule has 2 aromatic heterocycles. The zero-order valence-corrected chi connectivity index (χ0v) is 12.4. The van der Waals surface area contributed by atoms with Crippen LogP contribution in [0.1, 0.15) is 5.56 Å². The Bertz CT molecular complexity index is 821. The van der Waals surface area contributed by atoms with Gasteiger partial charge in [0, 0.05) is 31.2 Å². The summed E-state index contributed by atoms with van der Waals surface area (Å²) in [7, 11) is 0. The second-order valence-corrected chi connectivity index (χ2v) is 5.69. The number of nitrogens with one attached hydrogen (secondary N) is 1. The van der Waals surface area contributed by atoms with Crippen LogP contribution in [0.4, 0.5) is 5.82 Å². The van der Waals surface area contributed by atoms with Crippen LogP contribution in [-0.2, 0) is 0 Å². The van der Waals surface area contributed by atoms with Gasteiger partial charge in [0.2, 0.25) is 5.65 Å². The molecule has 1 N–H and O–H groups in total. The number of hydrogen-bond acceptors (Lipinski definition) is 5. The molecule has 108 valence electrons. The van der Waals surface area contributed by atoms with E-state index in [1.807, 2.05) is 23.5 Å². The van der Waals surface area contributed by atoms with Crippen LogP contribution in [0.25, 0.3) is 16.7 Å². The number of nitrogens with zero attached hydrogens (tertiary/aromatic N) is 5. The van der Waals surface area contributed by atoms with Gasteiger partial charge in [-0.3, -0.25) is 4.40 Å². The van der Waals surface area contributed by atoms with Crippen LogP contribution in [0.15, 0.2) is 18.5 Å². The Kier molecular flexibility index (Phi) is 2.94. The molecule has 1 aliphatic heterocycles. The minimum atomic E-state index is 0.731. The van der Waals surface area contributed by atoms with Gasteiger partial charge in [-0.2, -0.15) is 0 Å². The monoisotopic (exact) mass is 302 g/mol. The maximum absolute atomic E-state index is 6.24. The maximum atomic E-state index is 6.24. The van der Waals surface area contributed by atoms with Crippen LogP contribution in [0, 0.1) is 6.92 Å². The third-order valence-electron chi connectivity index (χ3n) is 3.91. The Morgan fingerprint density at radius 3 is 2.86 bits per heavy atom. The average Bonchev–Trinajstić information content (AvgIpc) is 2.99. The van der Waals surface area contributed by atoms with E-state index in [0.29, 0.717) is 0 Å². The number of aryl methyl sites for hydroxylation is 1. The van der Waals surface area contributed by atoms with E-state index in [2.05, 4.69) is 20.4 Å². The lowest BCUT2D eigenvalue weighted by Crippen LogP contribution is -2.44. The summed E-state index contributed by atoms with van der Waals surface area (Å²) in [5.74, 6) is 0.892. The molecule has 0 radical (unpaired) electrons. The van der Waals surface area contributed by atoms with Gasteiger partial charge in [-0.25, -0.2) is 4.98 Å². The van der Waals surface area contributed by atoms with Gasteiger partial charge in [-0.05, 0) is 24.6 Å². The molecule has 0 saturated carbocycles. The third kappa shape index (κ3) is 2.02. The molecule has 7 heteroatoms. The SMILES string of the molecule is Cc1cc2nc(N3CCNCC3)c3nncn3c2cc1Cl. The van der Waals surface area contributed by atoms with E-state index in [-0.39, 0.29) is 0 Å². The van der Waals surface area contributed by atoms with Gasteiger partial charge < -0.3 is 10.2 Å². The number of hydrogen-bond donors (Lipinski definition) is 1. The summed E-state index contributed by atoms with van der Waals surface area (Å²) in [6, 6.07) is 3.94. The van der Waals surface area contributed by atoms with Gasteiger partial charge in [0.15, 0.2) is 5.82 Å². The van der Waals surface area contributed by atoms with Crippen LogP contribution in [-0.4, -0.2) is 45.8 Å². The summed E-state index contributed by atoms with van der Waals surface area (Å²) in [4.78, 5) is 7.07. The van der Waals surface area contributed by atoms with Crippen molar-refractivity contribution in [1.82, 2.24) is 24.9 Å². The van der Waals surface area contributed by atoms with Crippen molar-refractivity contribution in [2.75, 3.05) is 31.1 Å². The molecular formula is C14H15ClN6. The van der Waals surface area contributed by atoms with E-state index in [4.69, 9.17) is 16.6 Å². The number of anilines is 1. The standard InChI is InChI=1S/C14H15ClN6/c1-9-6-11-12(7-10(9)15)21-8-17-19-14(21)13(18-11)20-4-2-16-3-5-20/h6-8,16H,2-5H2,1H3. The lowest BCUT2D eigenvalue weighted by molar-refractivity contribution is 0.586. The molecule has 1 aromatic carbocycles. The van der Waals surface area contributed by atoms with Crippen LogP contribution >= 0.6 is 11.6 Å². The molecule has 1 fully saturated rings. The van der Waals surface area contributed by atoms with E-state index in [9.17, 15) is 0 Å². The fraction of sp³-hybridized carbons (Fsp3) is 0.357. The lowest BCUT2D eigenvalue weighted by atomic mass is 10.2. The molecule has 1 aliphatic rings. The summed E-state index contributed by atoms with van der Waals surface area (Å²) in [5, 5.41) is 12.4. The fourth-order valence-corrected chi connectivity index (χ4v) is 2.91. The summed E-state index contributed by atoms with van der Waals surface area (Å²) in [5.41, 5.74) is 3.65. The van der Waals surface area contributed by atoms with E-state index in [0.717, 1.165) is 59.3 Å². The number of rotatable bonds is 1. The number of fused-ring (bicyclic) bond motifs is 3. The van der Waals surface area contributed by atoms with Crippen LogP contribution < -0.4 is 10.2 Å². The minimum absolute atomic E-state index is 0.731. The Labute approximate surface area is 126 Å². The van der Waals surface area contributed by atoms with Crippen molar-refractivity contribution in [3.8, 4) is 0 Å². The highest BCUT2D eigenvalue weighted by Crippen LogP contribution is 2.27. The second-order valence-electron chi connectivity index (χ2n) is 5.29. The van der Waals surface area contributed by atoms with Crippen molar-refractivity contribution in [1.29, 1.82) is 0 Å². The molecule has 1 saturated heterocycles.